The molecule has 0 N–H and O–H groups in total. The Morgan fingerprint density at radius 2 is 1.77 bits per heavy atom. The van der Waals surface area contributed by atoms with Crippen molar-refractivity contribution in [3.8, 4) is 40.2 Å². The second-order valence-electron chi connectivity index (χ2n) is 7.33. The highest BCUT2D eigenvalue weighted by molar-refractivity contribution is 6.07. The number of nitriles is 1. The molecular formula is C24H19NO6. The van der Waals surface area contributed by atoms with Crippen LogP contribution in [0.4, 0.5) is 0 Å². The van der Waals surface area contributed by atoms with Crippen molar-refractivity contribution in [1.29, 1.82) is 5.26 Å². The largest absolute Gasteiger partial charge is 0.469 e. The molecule has 0 saturated carbocycles. The Labute approximate surface area is 178 Å². The standard InChI is InChI=1S/C24H19NO6/c1-13-15-4-6-19-24(31-12-29-19)23(15)22(14-3-5-18-20(9-14)30-11-28-18)16(7-8-25)17(13)10-21(26)27-2/h3-6,9H,7,10-12H2,1-2H3. The van der Waals surface area contributed by atoms with Crippen LogP contribution in [-0.2, 0) is 22.4 Å². The van der Waals surface area contributed by atoms with Crippen molar-refractivity contribution >= 4 is 16.7 Å². The number of nitrogens with zero attached hydrogens (tertiary/aromatic N) is 1. The van der Waals surface area contributed by atoms with Gasteiger partial charge in [-0.15, -0.1) is 0 Å². The number of aryl methyl sites for hydroxylation is 1. The molecule has 0 aliphatic carbocycles. The van der Waals surface area contributed by atoms with Crippen molar-refractivity contribution in [2.24, 2.45) is 0 Å². The number of esters is 1. The highest BCUT2D eigenvalue weighted by Crippen LogP contribution is 2.49. The minimum absolute atomic E-state index is 0.0707. The van der Waals surface area contributed by atoms with Crippen LogP contribution in [0.3, 0.4) is 0 Å². The molecule has 156 valence electrons. The summed E-state index contributed by atoms with van der Waals surface area (Å²) >= 11 is 0. The van der Waals surface area contributed by atoms with E-state index in [0.29, 0.717) is 23.0 Å². The van der Waals surface area contributed by atoms with Gasteiger partial charge in [-0.25, -0.2) is 0 Å². The third kappa shape index (κ3) is 2.99. The molecule has 3 aromatic rings. The Hall–Kier alpha value is -3.92. The lowest BCUT2D eigenvalue weighted by Crippen LogP contribution is -2.10. The zero-order valence-corrected chi connectivity index (χ0v) is 17.1. The molecule has 3 aromatic carbocycles. The molecule has 0 spiro atoms. The predicted molar refractivity (Wildman–Crippen MR) is 111 cm³/mol. The number of benzene rings is 3. The van der Waals surface area contributed by atoms with Crippen LogP contribution in [0.25, 0.3) is 21.9 Å². The zero-order valence-electron chi connectivity index (χ0n) is 17.1. The quantitative estimate of drug-likeness (QED) is 0.592. The van der Waals surface area contributed by atoms with Crippen molar-refractivity contribution in [1.82, 2.24) is 0 Å². The van der Waals surface area contributed by atoms with E-state index in [1.54, 1.807) is 0 Å². The molecular weight excluding hydrogens is 398 g/mol. The molecule has 2 aliphatic heterocycles. The smallest absolute Gasteiger partial charge is 0.309 e. The van der Waals surface area contributed by atoms with Crippen molar-refractivity contribution in [2.75, 3.05) is 20.7 Å². The van der Waals surface area contributed by atoms with Gasteiger partial charge in [0.05, 0.1) is 26.0 Å². The van der Waals surface area contributed by atoms with Gasteiger partial charge in [0.2, 0.25) is 13.6 Å². The topological polar surface area (TPSA) is 87.0 Å². The number of carbonyl (C=O) groups excluding carboxylic acids is 1. The maximum atomic E-state index is 12.2. The van der Waals surface area contributed by atoms with Crippen LogP contribution in [0.15, 0.2) is 30.3 Å². The van der Waals surface area contributed by atoms with E-state index in [9.17, 15) is 10.1 Å². The van der Waals surface area contributed by atoms with E-state index in [0.717, 1.165) is 38.6 Å². The van der Waals surface area contributed by atoms with E-state index in [4.69, 9.17) is 23.7 Å². The van der Waals surface area contributed by atoms with Crippen LogP contribution in [0.5, 0.6) is 23.0 Å². The second kappa shape index (κ2) is 7.40. The number of carbonyl (C=O) groups is 1. The number of ether oxygens (including phenoxy) is 5. The number of rotatable bonds is 4. The van der Waals surface area contributed by atoms with Crippen molar-refractivity contribution < 1.29 is 28.5 Å². The van der Waals surface area contributed by atoms with Crippen LogP contribution < -0.4 is 18.9 Å². The van der Waals surface area contributed by atoms with E-state index < -0.39 is 0 Å². The molecule has 0 fully saturated rings. The maximum Gasteiger partial charge on any atom is 0.309 e. The molecule has 0 aromatic heterocycles. The van der Waals surface area contributed by atoms with E-state index in [1.165, 1.54) is 7.11 Å². The van der Waals surface area contributed by atoms with E-state index in [1.807, 2.05) is 37.3 Å². The second-order valence-corrected chi connectivity index (χ2v) is 7.33. The normalized spacial score (nSPS) is 13.3. The third-order valence-corrected chi connectivity index (χ3v) is 5.78. The summed E-state index contributed by atoms with van der Waals surface area (Å²) in [4.78, 5) is 12.2. The summed E-state index contributed by atoms with van der Waals surface area (Å²) in [6.07, 6.45) is 0.193. The molecule has 0 atom stereocenters. The molecule has 7 nitrogen and oxygen atoms in total. The van der Waals surface area contributed by atoms with Gasteiger partial charge in [0.15, 0.2) is 23.0 Å². The van der Waals surface area contributed by atoms with E-state index in [-0.39, 0.29) is 32.4 Å². The molecule has 7 heteroatoms. The van der Waals surface area contributed by atoms with Crippen LogP contribution in [0.1, 0.15) is 16.7 Å². The van der Waals surface area contributed by atoms with Gasteiger partial charge < -0.3 is 23.7 Å². The summed E-state index contributed by atoms with van der Waals surface area (Å²) < 4.78 is 27.4. The summed E-state index contributed by atoms with van der Waals surface area (Å²) in [6, 6.07) is 11.8. The summed E-state index contributed by atoms with van der Waals surface area (Å²) in [5, 5.41) is 11.4. The van der Waals surface area contributed by atoms with Gasteiger partial charge >= 0.3 is 5.97 Å². The van der Waals surface area contributed by atoms with Crippen molar-refractivity contribution in [3.63, 3.8) is 0 Å². The summed E-state index contributed by atoms with van der Waals surface area (Å²) in [5.41, 5.74) is 4.12. The summed E-state index contributed by atoms with van der Waals surface area (Å²) in [5.74, 6) is 2.23. The number of methoxy groups -OCH3 is 1. The SMILES string of the molecule is COC(=O)Cc1c(CC#N)c(-c2ccc3c(c2)OCO3)c2c3c(ccc2c1C)OCO3. The summed E-state index contributed by atoms with van der Waals surface area (Å²) in [6.45, 7) is 2.25. The Morgan fingerprint density at radius 1 is 1.03 bits per heavy atom. The minimum atomic E-state index is -0.362. The zero-order chi connectivity index (χ0) is 21.5. The van der Waals surface area contributed by atoms with Gasteiger partial charge in [0.1, 0.15) is 0 Å². The predicted octanol–water partition coefficient (Wildman–Crippen LogP) is 4.05. The lowest BCUT2D eigenvalue weighted by Gasteiger charge is -2.21. The van der Waals surface area contributed by atoms with Crippen LogP contribution >= 0.6 is 0 Å². The lowest BCUT2D eigenvalue weighted by atomic mass is 9.83. The van der Waals surface area contributed by atoms with Crippen LogP contribution in [0, 0.1) is 18.3 Å². The lowest BCUT2D eigenvalue weighted by molar-refractivity contribution is -0.139. The first-order valence-electron chi connectivity index (χ1n) is 9.82. The van der Waals surface area contributed by atoms with Crippen LogP contribution in [0.2, 0.25) is 0 Å². The third-order valence-electron chi connectivity index (χ3n) is 5.78. The fourth-order valence-electron chi connectivity index (χ4n) is 4.32. The fraction of sp³-hybridized carbons (Fsp3) is 0.250. The highest BCUT2D eigenvalue weighted by Gasteiger charge is 2.27. The molecule has 31 heavy (non-hydrogen) atoms. The first kappa shape index (κ1) is 19.1. The van der Waals surface area contributed by atoms with Gasteiger partial charge in [0, 0.05) is 5.39 Å². The average molecular weight is 417 g/mol. The van der Waals surface area contributed by atoms with Gasteiger partial charge in [-0.3, -0.25) is 4.79 Å². The molecule has 2 aliphatic rings. The van der Waals surface area contributed by atoms with Crippen molar-refractivity contribution in [3.05, 3.63) is 47.0 Å². The minimum Gasteiger partial charge on any atom is -0.469 e. The Balaban J connectivity index is 1.89. The van der Waals surface area contributed by atoms with Crippen molar-refractivity contribution in [2.45, 2.75) is 19.8 Å². The first-order valence-corrected chi connectivity index (χ1v) is 9.82. The Morgan fingerprint density at radius 3 is 2.58 bits per heavy atom. The number of hydrogen-bond donors (Lipinski definition) is 0. The number of fused-ring (bicyclic) bond motifs is 4. The molecule has 0 bridgehead atoms. The van der Waals surface area contributed by atoms with Gasteiger partial charge in [-0.05, 0) is 58.3 Å². The molecule has 0 saturated heterocycles. The Bertz CT molecular complexity index is 1270. The molecule has 0 unspecified atom stereocenters. The monoisotopic (exact) mass is 417 g/mol. The number of hydrogen-bond acceptors (Lipinski definition) is 7. The Kier molecular flexibility index (Phi) is 4.55. The van der Waals surface area contributed by atoms with Crippen LogP contribution in [-0.4, -0.2) is 26.7 Å². The summed E-state index contributed by atoms with van der Waals surface area (Å²) in [7, 11) is 1.36. The fourth-order valence-corrected chi connectivity index (χ4v) is 4.32. The molecule has 2 heterocycles. The molecule has 0 radical (unpaired) electrons. The van der Waals surface area contributed by atoms with E-state index in [2.05, 4.69) is 6.07 Å². The highest BCUT2D eigenvalue weighted by atomic mass is 16.7. The van der Waals surface area contributed by atoms with E-state index >= 15 is 0 Å². The molecule has 5 rings (SSSR count). The maximum absolute atomic E-state index is 12.2. The average Bonchev–Trinajstić information content (AvgIpc) is 3.45. The molecule has 0 amide bonds. The van der Waals surface area contributed by atoms with Gasteiger partial charge in [-0.1, -0.05) is 12.1 Å². The van der Waals surface area contributed by atoms with Gasteiger partial charge in [-0.2, -0.15) is 5.26 Å². The van der Waals surface area contributed by atoms with Gasteiger partial charge in [0.25, 0.3) is 0 Å². The first-order chi connectivity index (χ1) is 15.1.